The van der Waals surface area contributed by atoms with Crippen molar-refractivity contribution >= 4 is 11.8 Å². The van der Waals surface area contributed by atoms with Gasteiger partial charge in [-0.15, -0.1) is 0 Å². The second kappa shape index (κ2) is 10.5. The van der Waals surface area contributed by atoms with E-state index < -0.39 is 0 Å². The van der Waals surface area contributed by atoms with Crippen molar-refractivity contribution in [2.75, 3.05) is 57.1 Å². The van der Waals surface area contributed by atoms with Crippen LogP contribution in [0.5, 0.6) is 0 Å². The molecular formula is C22H41N5O2. The molecule has 29 heavy (non-hydrogen) atoms. The van der Waals surface area contributed by atoms with E-state index in [0.29, 0.717) is 12.5 Å². The Balaban J connectivity index is 2.09. The van der Waals surface area contributed by atoms with Crippen LogP contribution in [-0.4, -0.2) is 71.5 Å². The number of nitrogens with zero attached hydrogens (tertiary/aromatic N) is 3. The molecule has 1 heterocycles. The Morgan fingerprint density at radius 2 is 1.86 bits per heavy atom. The van der Waals surface area contributed by atoms with Crippen LogP contribution >= 0.6 is 0 Å². The predicted molar refractivity (Wildman–Crippen MR) is 120 cm³/mol. The van der Waals surface area contributed by atoms with Gasteiger partial charge in [-0.2, -0.15) is 4.98 Å². The fourth-order valence-electron chi connectivity index (χ4n) is 3.83. The van der Waals surface area contributed by atoms with Gasteiger partial charge in [-0.1, -0.05) is 27.7 Å². The van der Waals surface area contributed by atoms with Crippen molar-refractivity contribution in [2.45, 2.75) is 65.2 Å². The Kier molecular flexibility index (Phi) is 8.67. The zero-order valence-electron chi connectivity index (χ0n) is 19.0. The number of rotatable bonds is 12. The third-order valence-electron chi connectivity index (χ3n) is 5.89. The molecule has 1 aliphatic carbocycles. The molecule has 0 saturated heterocycles. The second-order valence-corrected chi connectivity index (χ2v) is 9.77. The van der Waals surface area contributed by atoms with Gasteiger partial charge in [-0.3, -0.25) is 0 Å². The van der Waals surface area contributed by atoms with Crippen LogP contribution in [0, 0.1) is 5.41 Å². The van der Waals surface area contributed by atoms with Crippen molar-refractivity contribution in [3.05, 3.63) is 11.3 Å². The molecule has 4 N–H and O–H groups in total. The summed E-state index contributed by atoms with van der Waals surface area (Å²) in [7, 11) is 2.01. The third kappa shape index (κ3) is 7.08. The first-order valence-corrected chi connectivity index (χ1v) is 11.0. The Morgan fingerprint density at radius 1 is 1.10 bits per heavy atom. The summed E-state index contributed by atoms with van der Waals surface area (Å²) in [4.78, 5) is 11.8. The molecule has 0 bridgehead atoms. The molecule has 1 aliphatic rings. The fraction of sp³-hybridized carbons (Fsp3) is 0.818. The van der Waals surface area contributed by atoms with Crippen molar-refractivity contribution in [1.29, 1.82) is 0 Å². The molecule has 1 aromatic heterocycles. The maximum Gasteiger partial charge on any atom is 0.224 e. The van der Waals surface area contributed by atoms with Gasteiger partial charge in [0.05, 0.1) is 12.3 Å². The van der Waals surface area contributed by atoms with Crippen molar-refractivity contribution in [2.24, 2.45) is 5.41 Å². The van der Waals surface area contributed by atoms with E-state index in [-0.39, 0.29) is 24.0 Å². The number of nitrogens with one attached hydrogen (secondary N) is 2. The zero-order valence-corrected chi connectivity index (χ0v) is 19.0. The summed E-state index contributed by atoms with van der Waals surface area (Å²) in [6.07, 6.45) is 5.23. The van der Waals surface area contributed by atoms with Crippen molar-refractivity contribution in [1.82, 2.24) is 14.9 Å². The molecule has 7 heteroatoms. The van der Waals surface area contributed by atoms with Gasteiger partial charge in [0.25, 0.3) is 0 Å². The standard InChI is InChI=1S/C22H41N5O2/c1-21(2,16-29)9-7-11-24-20-25-18-17(8-6-10-22(18,3)4)19(26-20)23-12-13-27(5)14-15-28/h28-29H,6-16H2,1-5H3,(H2,23,24,25,26). The van der Waals surface area contributed by atoms with E-state index in [9.17, 15) is 5.11 Å². The Labute approximate surface area is 176 Å². The van der Waals surface area contributed by atoms with E-state index in [1.165, 1.54) is 5.56 Å². The maximum atomic E-state index is 9.42. The molecule has 0 amide bonds. The Morgan fingerprint density at radius 3 is 2.55 bits per heavy atom. The Bertz CT molecular complexity index is 648. The Hall–Kier alpha value is -1.44. The lowest BCUT2D eigenvalue weighted by Gasteiger charge is -2.32. The van der Waals surface area contributed by atoms with Crippen LogP contribution in [0.15, 0.2) is 0 Å². The number of hydrogen-bond donors (Lipinski definition) is 4. The van der Waals surface area contributed by atoms with Gasteiger partial charge < -0.3 is 25.7 Å². The molecule has 0 aromatic carbocycles. The minimum absolute atomic E-state index is 0.0479. The summed E-state index contributed by atoms with van der Waals surface area (Å²) in [5.41, 5.74) is 2.41. The van der Waals surface area contributed by atoms with E-state index in [0.717, 1.165) is 63.3 Å². The largest absolute Gasteiger partial charge is 0.396 e. The topological polar surface area (TPSA) is 93.5 Å². The molecule has 0 saturated carbocycles. The van der Waals surface area contributed by atoms with Crippen molar-refractivity contribution in [3.8, 4) is 0 Å². The number of anilines is 2. The summed E-state index contributed by atoms with van der Waals surface area (Å²) < 4.78 is 0. The van der Waals surface area contributed by atoms with Gasteiger partial charge >= 0.3 is 0 Å². The van der Waals surface area contributed by atoms with E-state index in [4.69, 9.17) is 15.1 Å². The van der Waals surface area contributed by atoms with Crippen LogP contribution in [0.25, 0.3) is 0 Å². The number of likely N-dealkylation sites (N-methyl/N-ethyl adjacent to an activating group) is 1. The molecule has 0 fully saturated rings. The minimum atomic E-state index is -0.0479. The number of aliphatic hydroxyl groups excluding tert-OH is 2. The molecule has 7 nitrogen and oxygen atoms in total. The average Bonchev–Trinajstić information content (AvgIpc) is 2.66. The highest BCUT2D eigenvalue weighted by Crippen LogP contribution is 2.38. The van der Waals surface area contributed by atoms with Gasteiger partial charge in [0, 0.05) is 43.8 Å². The zero-order chi connectivity index (χ0) is 21.5. The van der Waals surface area contributed by atoms with Crippen molar-refractivity contribution < 1.29 is 10.2 Å². The normalized spacial score (nSPS) is 16.0. The summed E-state index contributed by atoms with van der Waals surface area (Å²) in [5, 5.41) is 25.4. The molecule has 0 unspecified atom stereocenters. The van der Waals surface area contributed by atoms with Crippen LogP contribution in [0.4, 0.5) is 11.8 Å². The van der Waals surface area contributed by atoms with Gasteiger partial charge in [-0.05, 0) is 44.6 Å². The second-order valence-electron chi connectivity index (χ2n) is 9.77. The van der Waals surface area contributed by atoms with E-state index in [2.05, 4.69) is 43.2 Å². The van der Waals surface area contributed by atoms with Crippen LogP contribution in [-0.2, 0) is 11.8 Å². The molecule has 0 atom stereocenters. The van der Waals surface area contributed by atoms with Crippen LogP contribution < -0.4 is 10.6 Å². The first-order valence-electron chi connectivity index (χ1n) is 11.0. The van der Waals surface area contributed by atoms with Gasteiger partial charge in [0.15, 0.2) is 0 Å². The van der Waals surface area contributed by atoms with E-state index in [1.54, 1.807) is 0 Å². The van der Waals surface area contributed by atoms with Gasteiger partial charge in [0.1, 0.15) is 5.82 Å². The molecule has 166 valence electrons. The summed E-state index contributed by atoms with van der Waals surface area (Å²) >= 11 is 0. The van der Waals surface area contributed by atoms with Crippen LogP contribution in [0.1, 0.15) is 64.6 Å². The molecule has 2 rings (SSSR count). The molecule has 0 aliphatic heterocycles. The highest BCUT2D eigenvalue weighted by molar-refractivity contribution is 5.53. The molecular weight excluding hydrogens is 366 g/mol. The summed E-state index contributed by atoms with van der Waals surface area (Å²) in [6.45, 7) is 12.2. The average molecular weight is 408 g/mol. The number of fused-ring (bicyclic) bond motifs is 1. The van der Waals surface area contributed by atoms with Crippen LogP contribution in [0.3, 0.4) is 0 Å². The van der Waals surface area contributed by atoms with Crippen molar-refractivity contribution in [3.63, 3.8) is 0 Å². The highest BCUT2D eigenvalue weighted by Gasteiger charge is 2.32. The molecule has 1 aromatic rings. The first kappa shape index (κ1) is 23.8. The summed E-state index contributed by atoms with van der Waals surface area (Å²) in [6, 6.07) is 0. The quantitative estimate of drug-likeness (QED) is 0.396. The van der Waals surface area contributed by atoms with Crippen LogP contribution in [0.2, 0.25) is 0 Å². The van der Waals surface area contributed by atoms with Gasteiger partial charge in [-0.25, -0.2) is 4.98 Å². The molecule has 0 radical (unpaired) electrons. The van der Waals surface area contributed by atoms with E-state index in [1.807, 2.05) is 7.05 Å². The lowest BCUT2D eigenvalue weighted by Crippen LogP contribution is -2.30. The lowest BCUT2D eigenvalue weighted by molar-refractivity contribution is 0.149. The monoisotopic (exact) mass is 407 g/mol. The fourth-order valence-corrected chi connectivity index (χ4v) is 3.83. The highest BCUT2D eigenvalue weighted by atomic mass is 16.3. The number of hydrogen-bond acceptors (Lipinski definition) is 7. The number of aliphatic hydroxyl groups is 2. The third-order valence-corrected chi connectivity index (χ3v) is 5.89. The van der Waals surface area contributed by atoms with E-state index >= 15 is 0 Å². The minimum Gasteiger partial charge on any atom is -0.396 e. The number of aromatic nitrogens is 2. The molecule has 0 spiro atoms. The summed E-state index contributed by atoms with van der Waals surface area (Å²) in [5.74, 6) is 1.63. The van der Waals surface area contributed by atoms with Gasteiger partial charge in [0.2, 0.25) is 5.95 Å². The maximum absolute atomic E-state index is 9.42. The predicted octanol–water partition coefficient (Wildman–Crippen LogP) is 2.64. The first-order chi connectivity index (χ1) is 13.7. The SMILES string of the molecule is CN(CCO)CCNc1nc(NCCCC(C)(C)CO)nc2c1CCCC2(C)C. The smallest absolute Gasteiger partial charge is 0.224 e. The lowest BCUT2D eigenvalue weighted by atomic mass is 9.76.